The summed E-state index contributed by atoms with van der Waals surface area (Å²) in [5.74, 6) is 0.0798. The minimum atomic E-state index is -0.749. The monoisotopic (exact) mass is 250 g/mol. The zero-order chi connectivity index (χ0) is 13.7. The lowest BCUT2D eigenvalue weighted by Gasteiger charge is -2.16. The van der Waals surface area contributed by atoms with Gasteiger partial charge >= 0.3 is 5.69 Å². The first-order valence-electron chi connectivity index (χ1n) is 5.45. The number of nitro groups is 1. The van der Waals surface area contributed by atoms with Crippen LogP contribution in [0.5, 0.6) is 5.75 Å². The molecule has 6 nitrogen and oxygen atoms in total. The number of hydrogen-bond donors (Lipinski definition) is 0. The number of carbonyl (C=O) groups excluding carboxylic acids is 1. The van der Waals surface area contributed by atoms with Gasteiger partial charge in [-0.2, -0.15) is 0 Å². The fourth-order valence-electron chi connectivity index (χ4n) is 2.29. The summed E-state index contributed by atoms with van der Waals surface area (Å²) in [5.41, 5.74) is 0.448. The van der Waals surface area contributed by atoms with Crippen molar-refractivity contribution >= 4 is 17.3 Å². The molecule has 1 heterocycles. The van der Waals surface area contributed by atoms with Crippen LogP contribution in [0.3, 0.4) is 0 Å². The lowest BCUT2D eigenvalue weighted by atomic mass is 9.86. The zero-order valence-corrected chi connectivity index (χ0v) is 10.7. The molecule has 0 unspecified atom stereocenters. The number of methoxy groups -OCH3 is 1. The number of fused-ring (bicyclic) bond motifs is 1. The van der Waals surface area contributed by atoms with E-state index < -0.39 is 10.3 Å². The molecule has 2 rings (SSSR count). The van der Waals surface area contributed by atoms with E-state index in [1.54, 1.807) is 27.0 Å². The molecule has 0 saturated heterocycles. The minimum Gasteiger partial charge on any atom is -0.490 e. The highest BCUT2D eigenvalue weighted by molar-refractivity contribution is 6.07. The molecule has 0 saturated carbocycles. The molecule has 0 atom stereocenters. The molecule has 0 spiro atoms. The van der Waals surface area contributed by atoms with Crippen LogP contribution in [0.25, 0.3) is 0 Å². The first-order chi connectivity index (χ1) is 8.30. The second-order valence-electron chi connectivity index (χ2n) is 4.79. The third kappa shape index (κ3) is 1.45. The fraction of sp³-hybridized carbons (Fsp3) is 0.417. The van der Waals surface area contributed by atoms with Crippen LogP contribution in [0.15, 0.2) is 12.1 Å². The Labute approximate surface area is 104 Å². The largest absolute Gasteiger partial charge is 0.490 e. The van der Waals surface area contributed by atoms with Crippen molar-refractivity contribution in [2.24, 2.45) is 0 Å². The minimum absolute atomic E-state index is 0.0833. The second kappa shape index (κ2) is 3.69. The zero-order valence-electron chi connectivity index (χ0n) is 10.7. The van der Waals surface area contributed by atoms with Crippen molar-refractivity contribution in [2.45, 2.75) is 19.3 Å². The van der Waals surface area contributed by atoms with Crippen molar-refractivity contribution in [1.29, 1.82) is 0 Å². The van der Waals surface area contributed by atoms with E-state index in [-0.39, 0.29) is 17.3 Å². The molecule has 1 aromatic rings. The molecule has 6 heteroatoms. The molecule has 1 amide bonds. The Morgan fingerprint density at radius 3 is 2.50 bits per heavy atom. The molecule has 1 aliphatic rings. The van der Waals surface area contributed by atoms with Crippen LogP contribution in [-0.4, -0.2) is 25.0 Å². The maximum Gasteiger partial charge on any atom is 0.311 e. The molecular formula is C12H14N2O4. The quantitative estimate of drug-likeness (QED) is 0.593. The summed E-state index contributed by atoms with van der Waals surface area (Å²) in [7, 11) is 3.03. The van der Waals surface area contributed by atoms with Gasteiger partial charge in [0.05, 0.1) is 23.1 Å². The summed E-state index contributed by atoms with van der Waals surface area (Å²) in [5, 5.41) is 11.0. The highest BCUT2D eigenvalue weighted by Crippen LogP contribution is 2.45. The molecule has 1 aromatic carbocycles. The summed E-state index contributed by atoms with van der Waals surface area (Å²) in [6.07, 6.45) is 0. The van der Waals surface area contributed by atoms with Crippen molar-refractivity contribution in [3.8, 4) is 5.75 Å². The van der Waals surface area contributed by atoms with Gasteiger partial charge in [-0.3, -0.25) is 14.9 Å². The summed E-state index contributed by atoms with van der Waals surface area (Å²) < 4.78 is 5.00. The number of carbonyl (C=O) groups is 1. The number of amides is 1. The third-order valence-corrected chi connectivity index (χ3v) is 3.37. The van der Waals surface area contributed by atoms with Gasteiger partial charge in [0.25, 0.3) is 0 Å². The van der Waals surface area contributed by atoms with Crippen LogP contribution in [0.1, 0.15) is 19.4 Å². The molecule has 0 aliphatic carbocycles. The lowest BCUT2D eigenvalue weighted by Crippen LogP contribution is -2.33. The van der Waals surface area contributed by atoms with Crippen LogP contribution in [0.4, 0.5) is 11.4 Å². The number of rotatable bonds is 2. The number of benzene rings is 1. The molecule has 96 valence electrons. The van der Waals surface area contributed by atoms with Gasteiger partial charge in [-0.15, -0.1) is 0 Å². The Hall–Kier alpha value is -2.11. The van der Waals surface area contributed by atoms with Gasteiger partial charge in [0, 0.05) is 19.2 Å². The maximum atomic E-state index is 12.1. The van der Waals surface area contributed by atoms with Gasteiger partial charge in [-0.1, -0.05) is 0 Å². The number of hydrogen-bond acceptors (Lipinski definition) is 4. The Bertz CT molecular complexity index is 551. The van der Waals surface area contributed by atoms with E-state index in [0.717, 1.165) is 0 Å². The van der Waals surface area contributed by atoms with Crippen LogP contribution in [0.2, 0.25) is 0 Å². The van der Waals surface area contributed by atoms with Gasteiger partial charge in [0.2, 0.25) is 5.91 Å². The van der Waals surface area contributed by atoms with E-state index in [4.69, 9.17) is 4.74 Å². The Kier molecular flexibility index (Phi) is 2.53. The van der Waals surface area contributed by atoms with Gasteiger partial charge in [0.15, 0.2) is 5.75 Å². The first-order valence-corrected chi connectivity index (χ1v) is 5.45. The fourth-order valence-corrected chi connectivity index (χ4v) is 2.29. The number of likely N-dealkylation sites (N-methyl/N-ethyl adjacent to an activating group) is 1. The summed E-state index contributed by atoms with van der Waals surface area (Å²) in [6.45, 7) is 3.52. The summed E-state index contributed by atoms with van der Waals surface area (Å²) in [6, 6.07) is 2.97. The Balaban J connectivity index is 2.73. The first kappa shape index (κ1) is 12.3. The Morgan fingerprint density at radius 2 is 2.00 bits per heavy atom. The molecule has 1 aliphatic heterocycles. The van der Waals surface area contributed by atoms with Gasteiger partial charge in [-0.05, 0) is 19.4 Å². The van der Waals surface area contributed by atoms with E-state index >= 15 is 0 Å². The van der Waals surface area contributed by atoms with Gasteiger partial charge in [-0.25, -0.2) is 0 Å². The molecule has 0 N–H and O–H groups in total. The normalized spacial score (nSPS) is 16.7. The van der Waals surface area contributed by atoms with Crippen molar-refractivity contribution in [1.82, 2.24) is 0 Å². The molecule has 0 bridgehead atoms. The summed E-state index contributed by atoms with van der Waals surface area (Å²) in [4.78, 5) is 24.1. The van der Waals surface area contributed by atoms with E-state index in [1.807, 2.05) is 0 Å². The highest BCUT2D eigenvalue weighted by Gasteiger charge is 2.44. The second-order valence-corrected chi connectivity index (χ2v) is 4.79. The Morgan fingerprint density at radius 1 is 1.39 bits per heavy atom. The van der Waals surface area contributed by atoms with Crippen LogP contribution in [0, 0.1) is 10.1 Å². The lowest BCUT2D eigenvalue weighted by molar-refractivity contribution is -0.385. The van der Waals surface area contributed by atoms with Crippen molar-refractivity contribution in [2.75, 3.05) is 19.1 Å². The van der Waals surface area contributed by atoms with E-state index in [0.29, 0.717) is 11.3 Å². The average Bonchev–Trinajstić information content (AvgIpc) is 2.49. The maximum absolute atomic E-state index is 12.1. The van der Waals surface area contributed by atoms with Crippen molar-refractivity contribution < 1.29 is 14.5 Å². The van der Waals surface area contributed by atoms with E-state index in [9.17, 15) is 14.9 Å². The summed E-state index contributed by atoms with van der Waals surface area (Å²) >= 11 is 0. The molecule has 0 fully saturated rings. The van der Waals surface area contributed by atoms with E-state index in [2.05, 4.69) is 0 Å². The number of anilines is 1. The van der Waals surface area contributed by atoms with Crippen LogP contribution in [-0.2, 0) is 10.2 Å². The average molecular weight is 250 g/mol. The van der Waals surface area contributed by atoms with E-state index in [1.165, 1.54) is 18.1 Å². The molecule has 0 aromatic heterocycles. The number of ether oxygens (including phenoxy) is 1. The smallest absolute Gasteiger partial charge is 0.311 e. The third-order valence-electron chi connectivity index (χ3n) is 3.37. The standard InChI is InChI=1S/C12H14N2O4/c1-12(2)7-5-9(14(16)17)10(18-4)6-8(7)13(3)11(12)15/h5-6H,1-4H3. The predicted octanol–water partition coefficient (Wildman–Crippen LogP) is 1.86. The van der Waals surface area contributed by atoms with Crippen LogP contribution >= 0.6 is 0 Å². The van der Waals surface area contributed by atoms with Gasteiger partial charge in [0.1, 0.15) is 0 Å². The molecule has 18 heavy (non-hydrogen) atoms. The van der Waals surface area contributed by atoms with Crippen molar-refractivity contribution in [3.63, 3.8) is 0 Å². The number of nitrogens with zero attached hydrogens (tertiary/aromatic N) is 2. The van der Waals surface area contributed by atoms with Gasteiger partial charge < -0.3 is 9.64 Å². The topological polar surface area (TPSA) is 72.7 Å². The van der Waals surface area contributed by atoms with Crippen molar-refractivity contribution in [3.05, 3.63) is 27.8 Å². The predicted molar refractivity (Wildman–Crippen MR) is 66.1 cm³/mol. The molecular weight excluding hydrogens is 236 g/mol. The SMILES string of the molecule is COc1cc2c(cc1[N+](=O)[O-])C(C)(C)C(=O)N2C. The molecule has 0 radical (unpaired) electrons. The number of nitro benzene ring substituents is 1. The highest BCUT2D eigenvalue weighted by atomic mass is 16.6. The van der Waals surface area contributed by atoms with Crippen LogP contribution < -0.4 is 9.64 Å².